The number of allylic oxidation sites excluding steroid dienone is 4. The van der Waals surface area contributed by atoms with Crippen LogP contribution in [0.2, 0.25) is 0 Å². The van der Waals surface area contributed by atoms with Crippen molar-refractivity contribution in [2.75, 3.05) is 6.61 Å². The number of aliphatic hydroxyl groups excluding tert-OH is 2. The van der Waals surface area contributed by atoms with E-state index in [4.69, 9.17) is 4.74 Å². The van der Waals surface area contributed by atoms with Crippen LogP contribution in [0.15, 0.2) is 24.3 Å². The lowest BCUT2D eigenvalue weighted by Crippen LogP contribution is -2.46. The molecule has 0 radical (unpaired) electrons. The Bertz CT molecular complexity index is 904. The van der Waals surface area contributed by atoms with E-state index in [2.05, 4.69) is 50.4 Å². The molecule has 3 N–H and O–H groups in total. The van der Waals surface area contributed by atoms with Crippen LogP contribution in [-0.4, -0.2) is 46.9 Å². The third kappa shape index (κ3) is 40.9. The van der Waals surface area contributed by atoms with Crippen LogP contribution in [0.3, 0.4) is 0 Å². The number of esters is 1. The lowest BCUT2D eigenvalue weighted by molar-refractivity contribution is -0.151. The van der Waals surface area contributed by atoms with Crippen molar-refractivity contribution in [1.82, 2.24) is 5.32 Å². The van der Waals surface area contributed by atoms with Gasteiger partial charge in [-0.25, -0.2) is 0 Å². The topological polar surface area (TPSA) is 95.9 Å². The molecule has 0 heterocycles. The molecule has 0 aliphatic rings. The number of rotatable bonds is 45. The normalized spacial score (nSPS) is 13.4. The number of amides is 1. The monoisotopic (exact) mass is 804 g/mol. The van der Waals surface area contributed by atoms with E-state index < -0.39 is 18.2 Å². The Labute approximate surface area is 354 Å². The Balaban J connectivity index is 4.55. The maximum absolute atomic E-state index is 13.2. The molecule has 0 aromatic heterocycles. The molecule has 6 nitrogen and oxygen atoms in total. The molecule has 0 saturated heterocycles. The van der Waals surface area contributed by atoms with Gasteiger partial charge in [0.25, 0.3) is 0 Å². The molecule has 0 rings (SSSR count). The summed E-state index contributed by atoms with van der Waals surface area (Å²) < 4.78 is 5.90. The van der Waals surface area contributed by atoms with E-state index >= 15 is 0 Å². The van der Waals surface area contributed by atoms with Gasteiger partial charge >= 0.3 is 5.97 Å². The second-order valence-corrected chi connectivity index (χ2v) is 17.2. The molecule has 57 heavy (non-hydrogen) atoms. The van der Waals surface area contributed by atoms with Crippen molar-refractivity contribution in [2.24, 2.45) is 0 Å². The Kier molecular flexibility index (Phi) is 44.1. The molecule has 0 aromatic carbocycles. The quantitative estimate of drug-likeness (QED) is 0.0324. The zero-order valence-electron chi connectivity index (χ0n) is 38.2. The van der Waals surface area contributed by atoms with Crippen molar-refractivity contribution in [1.29, 1.82) is 0 Å². The predicted molar refractivity (Wildman–Crippen MR) is 246 cm³/mol. The van der Waals surface area contributed by atoms with Crippen LogP contribution in [0.4, 0.5) is 0 Å². The Morgan fingerprint density at radius 2 is 0.877 bits per heavy atom. The number of ether oxygens (including phenoxy) is 1. The maximum Gasteiger partial charge on any atom is 0.306 e. The van der Waals surface area contributed by atoms with Gasteiger partial charge in [0.15, 0.2) is 0 Å². The van der Waals surface area contributed by atoms with Crippen LogP contribution in [-0.2, 0) is 14.3 Å². The first-order chi connectivity index (χ1) is 28.0. The summed E-state index contributed by atoms with van der Waals surface area (Å²) in [5.41, 5.74) is 0. The first-order valence-electron chi connectivity index (χ1n) is 25.1. The summed E-state index contributed by atoms with van der Waals surface area (Å²) in [5.74, 6) is -0.492. The van der Waals surface area contributed by atoms with Gasteiger partial charge in [-0.3, -0.25) is 9.59 Å². The molecule has 0 spiro atoms. The number of nitrogens with one attached hydrogen (secondary N) is 1. The minimum Gasteiger partial charge on any atom is -0.462 e. The van der Waals surface area contributed by atoms with E-state index in [0.717, 1.165) is 70.6 Å². The van der Waals surface area contributed by atoms with Gasteiger partial charge in [-0.2, -0.15) is 0 Å². The van der Waals surface area contributed by atoms with E-state index in [1.807, 2.05) is 0 Å². The van der Waals surface area contributed by atoms with E-state index in [9.17, 15) is 19.8 Å². The highest BCUT2D eigenvalue weighted by atomic mass is 16.5. The average molecular weight is 804 g/mol. The summed E-state index contributed by atoms with van der Waals surface area (Å²) >= 11 is 0. The van der Waals surface area contributed by atoms with Gasteiger partial charge in [0.2, 0.25) is 5.91 Å². The highest BCUT2D eigenvalue weighted by molar-refractivity contribution is 5.77. The lowest BCUT2D eigenvalue weighted by atomic mass is 10.0. The zero-order valence-corrected chi connectivity index (χ0v) is 38.2. The third-order valence-corrected chi connectivity index (χ3v) is 11.5. The largest absolute Gasteiger partial charge is 0.462 e. The van der Waals surface area contributed by atoms with Crippen LogP contribution in [0.5, 0.6) is 0 Å². The van der Waals surface area contributed by atoms with Crippen molar-refractivity contribution < 1.29 is 24.5 Å². The van der Waals surface area contributed by atoms with Crippen molar-refractivity contribution in [2.45, 2.75) is 283 Å². The summed E-state index contributed by atoms with van der Waals surface area (Å²) in [7, 11) is 0. The molecule has 3 atom stereocenters. The number of hydrogen-bond donors (Lipinski definition) is 3. The van der Waals surface area contributed by atoms with E-state index in [1.165, 1.54) is 148 Å². The molecule has 1 amide bonds. The number of carbonyl (C=O) groups is 2. The summed E-state index contributed by atoms with van der Waals surface area (Å²) in [6.45, 7) is 6.42. The highest BCUT2D eigenvalue weighted by Crippen LogP contribution is 2.18. The number of unbranched alkanes of at least 4 members (excludes halogenated alkanes) is 29. The zero-order chi connectivity index (χ0) is 41.7. The summed E-state index contributed by atoms with van der Waals surface area (Å²) in [6, 6.07) is -0.703. The molecular weight excluding hydrogens is 707 g/mol. The first kappa shape index (κ1) is 55.3. The Morgan fingerprint density at radius 3 is 1.33 bits per heavy atom. The van der Waals surface area contributed by atoms with Crippen LogP contribution >= 0.6 is 0 Å². The third-order valence-electron chi connectivity index (χ3n) is 11.5. The summed E-state index contributed by atoms with van der Waals surface area (Å²) in [4.78, 5) is 26.0. The average Bonchev–Trinajstić information content (AvgIpc) is 3.20. The minimum atomic E-state index is -0.788. The van der Waals surface area contributed by atoms with E-state index in [1.54, 1.807) is 0 Å². The highest BCUT2D eigenvalue weighted by Gasteiger charge is 2.24. The van der Waals surface area contributed by atoms with Crippen LogP contribution in [0.25, 0.3) is 0 Å². The van der Waals surface area contributed by atoms with Gasteiger partial charge in [0.1, 0.15) is 6.10 Å². The molecule has 0 aliphatic heterocycles. The van der Waals surface area contributed by atoms with Crippen molar-refractivity contribution in [3.05, 3.63) is 24.3 Å². The van der Waals surface area contributed by atoms with Gasteiger partial charge in [-0.05, 0) is 70.6 Å². The number of aliphatic hydroxyl groups is 2. The molecular formula is C51H97NO5. The van der Waals surface area contributed by atoms with Gasteiger partial charge in [0, 0.05) is 6.42 Å². The molecule has 0 aliphatic carbocycles. The standard InChI is InChI=1S/C51H97NO5/c1-4-7-10-13-16-19-22-24-26-28-30-33-36-39-42-47(57-51(56)44-41-38-35-32-21-18-15-12-9-6-3)45-50(55)52-48(46-53)49(54)43-40-37-34-31-29-27-25-23-20-17-14-11-8-5-2/h12,15,26,28,47-49,53-54H,4-11,13-14,16-25,27,29-46H2,1-3H3,(H,52,55)/b15-12-,28-26+. The molecule has 0 bridgehead atoms. The fourth-order valence-electron chi connectivity index (χ4n) is 7.66. The van der Waals surface area contributed by atoms with Crippen LogP contribution in [0, 0.1) is 0 Å². The summed E-state index contributed by atoms with van der Waals surface area (Å²) in [6.07, 6.45) is 50.9. The second-order valence-electron chi connectivity index (χ2n) is 17.2. The number of carbonyl (C=O) groups excluding carboxylic acids is 2. The molecule has 0 aromatic rings. The fraction of sp³-hybridized carbons (Fsp3) is 0.882. The van der Waals surface area contributed by atoms with E-state index in [-0.39, 0.29) is 24.9 Å². The second kappa shape index (κ2) is 45.4. The van der Waals surface area contributed by atoms with Crippen LogP contribution in [0.1, 0.15) is 265 Å². The van der Waals surface area contributed by atoms with Crippen molar-refractivity contribution >= 4 is 11.9 Å². The minimum absolute atomic E-state index is 0.0672. The Hall–Kier alpha value is -1.66. The first-order valence-corrected chi connectivity index (χ1v) is 25.1. The molecule has 336 valence electrons. The van der Waals surface area contributed by atoms with Gasteiger partial charge < -0.3 is 20.3 Å². The van der Waals surface area contributed by atoms with Gasteiger partial charge in [-0.15, -0.1) is 0 Å². The molecule has 0 saturated carbocycles. The molecule has 0 fully saturated rings. The van der Waals surface area contributed by atoms with Crippen LogP contribution < -0.4 is 5.32 Å². The Morgan fingerprint density at radius 1 is 0.491 bits per heavy atom. The molecule has 3 unspecified atom stereocenters. The van der Waals surface area contributed by atoms with E-state index in [0.29, 0.717) is 19.3 Å². The lowest BCUT2D eigenvalue weighted by Gasteiger charge is -2.24. The fourth-order valence-corrected chi connectivity index (χ4v) is 7.66. The maximum atomic E-state index is 13.2. The van der Waals surface area contributed by atoms with Gasteiger partial charge in [-0.1, -0.05) is 206 Å². The SMILES string of the molecule is CCC/C=C\CCCCCCCC(=O)OC(CCCCC/C=C/CCCCCCCCC)CC(=O)NC(CO)C(O)CCCCCCCCCCCCCCCC. The van der Waals surface area contributed by atoms with Crippen molar-refractivity contribution in [3.63, 3.8) is 0 Å². The van der Waals surface area contributed by atoms with Gasteiger partial charge in [0.05, 0.1) is 25.2 Å². The molecule has 6 heteroatoms. The number of hydrogen-bond acceptors (Lipinski definition) is 5. The predicted octanol–water partition coefficient (Wildman–Crippen LogP) is 14.7. The smallest absolute Gasteiger partial charge is 0.306 e. The summed E-state index contributed by atoms with van der Waals surface area (Å²) in [5, 5.41) is 23.7. The van der Waals surface area contributed by atoms with Crippen molar-refractivity contribution in [3.8, 4) is 0 Å².